The van der Waals surface area contributed by atoms with Crippen LogP contribution in [0.3, 0.4) is 0 Å². The van der Waals surface area contributed by atoms with Crippen LogP contribution in [0.1, 0.15) is 32.6 Å². The number of hydrogen-bond donors (Lipinski definition) is 3. The summed E-state index contributed by atoms with van der Waals surface area (Å²) >= 11 is 0. The molecule has 1 aliphatic carbocycles. The van der Waals surface area contributed by atoms with Crippen molar-refractivity contribution in [2.24, 2.45) is 11.7 Å². The summed E-state index contributed by atoms with van der Waals surface area (Å²) in [4.78, 5) is 10.7. The molecule has 76 valence electrons. The SMILES string of the molecule is CC(C(=O)O)C1(O)CCCCC1N. The van der Waals surface area contributed by atoms with E-state index in [2.05, 4.69) is 0 Å². The highest BCUT2D eigenvalue weighted by molar-refractivity contribution is 5.71. The van der Waals surface area contributed by atoms with Crippen LogP contribution in [0.15, 0.2) is 0 Å². The van der Waals surface area contributed by atoms with Crippen LogP contribution in [-0.2, 0) is 4.79 Å². The number of carboxylic acid groups (broad SMARTS) is 1. The Morgan fingerprint density at radius 2 is 2.23 bits per heavy atom. The molecule has 0 heterocycles. The third kappa shape index (κ3) is 1.84. The molecule has 0 aromatic heterocycles. The minimum atomic E-state index is -1.20. The van der Waals surface area contributed by atoms with Crippen molar-refractivity contribution >= 4 is 5.97 Å². The average Bonchev–Trinajstić information content (AvgIpc) is 2.09. The second kappa shape index (κ2) is 3.64. The van der Waals surface area contributed by atoms with E-state index in [1.165, 1.54) is 6.92 Å². The fourth-order valence-electron chi connectivity index (χ4n) is 1.96. The highest BCUT2D eigenvalue weighted by Crippen LogP contribution is 2.33. The molecule has 0 saturated heterocycles. The molecule has 1 fully saturated rings. The fraction of sp³-hybridized carbons (Fsp3) is 0.889. The van der Waals surface area contributed by atoms with Gasteiger partial charge < -0.3 is 15.9 Å². The Bertz CT molecular complexity index is 207. The standard InChI is InChI=1S/C9H17NO3/c1-6(8(11)12)9(13)5-3-2-4-7(9)10/h6-7,13H,2-5,10H2,1H3,(H,11,12). The van der Waals surface area contributed by atoms with E-state index >= 15 is 0 Å². The molecule has 1 aliphatic rings. The normalized spacial score (nSPS) is 37.0. The molecule has 4 heteroatoms. The van der Waals surface area contributed by atoms with Gasteiger partial charge in [-0.1, -0.05) is 12.8 Å². The zero-order valence-electron chi connectivity index (χ0n) is 7.86. The van der Waals surface area contributed by atoms with Crippen LogP contribution >= 0.6 is 0 Å². The summed E-state index contributed by atoms with van der Waals surface area (Å²) in [7, 11) is 0. The maximum Gasteiger partial charge on any atom is 0.309 e. The van der Waals surface area contributed by atoms with Gasteiger partial charge in [-0.2, -0.15) is 0 Å². The highest BCUT2D eigenvalue weighted by atomic mass is 16.4. The van der Waals surface area contributed by atoms with Crippen LogP contribution in [0.5, 0.6) is 0 Å². The zero-order chi connectivity index (χ0) is 10.1. The van der Waals surface area contributed by atoms with Crippen LogP contribution in [0, 0.1) is 5.92 Å². The predicted octanol–water partition coefficient (Wildman–Crippen LogP) is 0.340. The van der Waals surface area contributed by atoms with Gasteiger partial charge in [0, 0.05) is 6.04 Å². The largest absolute Gasteiger partial charge is 0.481 e. The molecule has 3 atom stereocenters. The first-order chi connectivity index (χ1) is 5.98. The van der Waals surface area contributed by atoms with E-state index in [1.54, 1.807) is 0 Å². The van der Waals surface area contributed by atoms with Crippen molar-refractivity contribution in [2.45, 2.75) is 44.2 Å². The molecule has 0 bridgehead atoms. The van der Waals surface area contributed by atoms with Crippen molar-refractivity contribution in [3.63, 3.8) is 0 Å². The maximum absolute atomic E-state index is 10.7. The molecule has 0 amide bonds. The number of aliphatic hydroxyl groups is 1. The summed E-state index contributed by atoms with van der Waals surface area (Å²) in [6, 6.07) is -0.396. The number of nitrogens with two attached hydrogens (primary N) is 1. The second-order valence-electron chi connectivity index (χ2n) is 3.90. The summed E-state index contributed by atoms with van der Waals surface area (Å²) in [5.41, 5.74) is 4.53. The van der Waals surface area contributed by atoms with Crippen molar-refractivity contribution in [1.82, 2.24) is 0 Å². The monoisotopic (exact) mass is 187 g/mol. The first-order valence-electron chi connectivity index (χ1n) is 4.69. The second-order valence-corrected chi connectivity index (χ2v) is 3.90. The van der Waals surface area contributed by atoms with Crippen LogP contribution in [0.4, 0.5) is 0 Å². The summed E-state index contributed by atoms with van der Waals surface area (Å²) in [5, 5.41) is 18.9. The minimum absolute atomic E-state index is 0.396. The number of carboxylic acids is 1. The van der Waals surface area contributed by atoms with Gasteiger partial charge in [0.1, 0.15) is 0 Å². The number of aliphatic carboxylic acids is 1. The summed E-state index contributed by atoms with van der Waals surface area (Å²) in [6.07, 6.45) is 3.06. The van der Waals surface area contributed by atoms with Gasteiger partial charge in [-0.15, -0.1) is 0 Å². The van der Waals surface area contributed by atoms with E-state index < -0.39 is 23.5 Å². The number of hydrogen-bond acceptors (Lipinski definition) is 3. The molecule has 1 rings (SSSR count). The van der Waals surface area contributed by atoms with Gasteiger partial charge >= 0.3 is 5.97 Å². The molecule has 4 nitrogen and oxygen atoms in total. The summed E-state index contributed by atoms with van der Waals surface area (Å²) in [6.45, 7) is 1.52. The van der Waals surface area contributed by atoms with E-state index in [0.717, 1.165) is 12.8 Å². The third-order valence-corrected chi connectivity index (χ3v) is 3.10. The number of rotatable bonds is 2. The molecule has 0 aromatic rings. The van der Waals surface area contributed by atoms with Crippen molar-refractivity contribution in [3.8, 4) is 0 Å². The van der Waals surface area contributed by atoms with Crippen molar-refractivity contribution in [2.75, 3.05) is 0 Å². The minimum Gasteiger partial charge on any atom is -0.481 e. The van der Waals surface area contributed by atoms with Gasteiger partial charge in [-0.3, -0.25) is 4.79 Å². The lowest BCUT2D eigenvalue weighted by atomic mass is 9.73. The summed E-state index contributed by atoms with van der Waals surface area (Å²) < 4.78 is 0. The van der Waals surface area contributed by atoms with E-state index in [0.29, 0.717) is 12.8 Å². The highest BCUT2D eigenvalue weighted by Gasteiger charge is 2.44. The van der Waals surface area contributed by atoms with Crippen LogP contribution in [0.25, 0.3) is 0 Å². The lowest BCUT2D eigenvalue weighted by Crippen LogP contribution is -2.56. The fourth-order valence-corrected chi connectivity index (χ4v) is 1.96. The van der Waals surface area contributed by atoms with Crippen LogP contribution in [-0.4, -0.2) is 27.8 Å². The molecule has 0 aliphatic heterocycles. The van der Waals surface area contributed by atoms with Gasteiger partial charge in [-0.05, 0) is 19.8 Å². The van der Waals surface area contributed by atoms with E-state index in [1.807, 2.05) is 0 Å². The summed E-state index contributed by atoms with van der Waals surface area (Å²) in [5.74, 6) is -1.75. The molecule has 3 unspecified atom stereocenters. The lowest BCUT2D eigenvalue weighted by molar-refractivity contribution is -0.155. The average molecular weight is 187 g/mol. The zero-order valence-corrected chi connectivity index (χ0v) is 7.86. The van der Waals surface area contributed by atoms with Gasteiger partial charge in [0.15, 0.2) is 0 Å². The molecular formula is C9H17NO3. The van der Waals surface area contributed by atoms with E-state index in [-0.39, 0.29) is 0 Å². The molecule has 0 radical (unpaired) electrons. The first kappa shape index (κ1) is 10.5. The smallest absolute Gasteiger partial charge is 0.309 e. The van der Waals surface area contributed by atoms with Gasteiger partial charge in [-0.25, -0.2) is 0 Å². The molecular weight excluding hydrogens is 170 g/mol. The Morgan fingerprint density at radius 1 is 1.62 bits per heavy atom. The van der Waals surface area contributed by atoms with E-state index in [4.69, 9.17) is 10.8 Å². The maximum atomic E-state index is 10.7. The van der Waals surface area contributed by atoms with Crippen molar-refractivity contribution in [3.05, 3.63) is 0 Å². The molecule has 13 heavy (non-hydrogen) atoms. The molecule has 0 aromatic carbocycles. The molecule has 0 spiro atoms. The Hall–Kier alpha value is -0.610. The Kier molecular flexibility index (Phi) is 2.93. The third-order valence-electron chi connectivity index (χ3n) is 3.10. The number of carbonyl (C=O) groups is 1. The Labute approximate surface area is 77.7 Å². The van der Waals surface area contributed by atoms with Crippen molar-refractivity contribution < 1.29 is 15.0 Å². The molecule has 1 saturated carbocycles. The van der Waals surface area contributed by atoms with Gasteiger partial charge in [0.2, 0.25) is 0 Å². The van der Waals surface area contributed by atoms with E-state index in [9.17, 15) is 9.90 Å². The predicted molar refractivity (Wildman–Crippen MR) is 48.2 cm³/mol. The van der Waals surface area contributed by atoms with Gasteiger partial charge in [0.05, 0.1) is 11.5 Å². The van der Waals surface area contributed by atoms with Crippen molar-refractivity contribution in [1.29, 1.82) is 0 Å². The first-order valence-corrected chi connectivity index (χ1v) is 4.69. The lowest BCUT2D eigenvalue weighted by Gasteiger charge is -2.40. The molecule has 4 N–H and O–H groups in total. The Morgan fingerprint density at radius 3 is 2.69 bits per heavy atom. The Balaban J connectivity index is 2.77. The quantitative estimate of drug-likeness (QED) is 0.582. The van der Waals surface area contributed by atoms with Crippen LogP contribution in [0.2, 0.25) is 0 Å². The topological polar surface area (TPSA) is 83.5 Å². The van der Waals surface area contributed by atoms with Crippen LogP contribution < -0.4 is 5.73 Å². The van der Waals surface area contributed by atoms with Gasteiger partial charge in [0.25, 0.3) is 0 Å².